The molecule has 1 fully saturated rings. The lowest BCUT2D eigenvalue weighted by atomic mass is 9.85. The second kappa shape index (κ2) is 7.66. The highest BCUT2D eigenvalue weighted by atomic mass is 32.2. The molecule has 1 aliphatic carbocycles. The van der Waals surface area contributed by atoms with Gasteiger partial charge in [-0.3, -0.25) is 4.79 Å². The predicted molar refractivity (Wildman–Crippen MR) is 95.4 cm³/mol. The van der Waals surface area contributed by atoms with E-state index in [1.165, 1.54) is 18.6 Å². The topological polar surface area (TPSA) is 66.5 Å². The van der Waals surface area contributed by atoms with E-state index in [2.05, 4.69) is 11.6 Å². The average molecular weight is 353 g/mol. The first-order chi connectivity index (χ1) is 11.2. The van der Waals surface area contributed by atoms with E-state index in [9.17, 15) is 13.2 Å². The van der Waals surface area contributed by atoms with Gasteiger partial charge in [0, 0.05) is 24.7 Å². The molecule has 0 aliphatic heterocycles. The lowest BCUT2D eigenvalue weighted by molar-refractivity contribution is 0.0628. The van der Waals surface area contributed by atoms with Crippen molar-refractivity contribution in [2.24, 2.45) is 5.92 Å². The number of carbonyl (C=O) groups is 1. The van der Waals surface area contributed by atoms with E-state index in [1.54, 1.807) is 30.9 Å². The number of hydrogen-bond donors (Lipinski definition) is 1. The summed E-state index contributed by atoms with van der Waals surface area (Å²) in [7, 11) is -1.78. The zero-order valence-corrected chi connectivity index (χ0v) is 15.8. The van der Waals surface area contributed by atoms with Crippen LogP contribution in [0, 0.1) is 5.92 Å². The normalized spacial score (nSPS) is 21.7. The van der Waals surface area contributed by atoms with Crippen molar-refractivity contribution in [2.75, 3.05) is 7.05 Å². The highest BCUT2D eigenvalue weighted by Gasteiger charge is 2.29. The van der Waals surface area contributed by atoms with Crippen LogP contribution in [0.25, 0.3) is 0 Å². The van der Waals surface area contributed by atoms with Gasteiger partial charge in [0.1, 0.15) is 0 Å². The number of nitrogens with zero attached hydrogens (tertiary/aromatic N) is 1. The Bertz CT molecular complexity index is 685. The van der Waals surface area contributed by atoms with Crippen LogP contribution in [0.2, 0.25) is 0 Å². The Kier molecular flexibility index (Phi) is 6.04. The van der Waals surface area contributed by atoms with Crippen LogP contribution in [0.3, 0.4) is 0 Å². The molecule has 1 N–H and O–H groups in total. The number of hydrogen-bond acceptors (Lipinski definition) is 3. The first-order valence-electron chi connectivity index (χ1n) is 8.62. The van der Waals surface area contributed by atoms with Gasteiger partial charge in [0.05, 0.1) is 4.90 Å². The van der Waals surface area contributed by atoms with Crippen LogP contribution in [0.5, 0.6) is 0 Å². The predicted octanol–water partition coefficient (Wildman–Crippen LogP) is 3.02. The van der Waals surface area contributed by atoms with Crippen LogP contribution in [0.1, 0.15) is 56.8 Å². The Hall–Kier alpha value is -1.40. The minimum atomic E-state index is -3.60. The number of nitrogens with one attached hydrogen (secondary N) is 1. The van der Waals surface area contributed by atoms with Crippen molar-refractivity contribution in [2.45, 2.75) is 63.4 Å². The summed E-state index contributed by atoms with van der Waals surface area (Å²) in [6.07, 6.45) is 4.50. The molecule has 0 spiro atoms. The first-order valence-corrected chi connectivity index (χ1v) is 10.1. The Morgan fingerprint density at radius 3 is 2.54 bits per heavy atom. The van der Waals surface area contributed by atoms with E-state index in [-0.39, 0.29) is 22.9 Å². The molecule has 1 amide bonds. The zero-order chi connectivity index (χ0) is 17.9. The van der Waals surface area contributed by atoms with Gasteiger partial charge in [0.15, 0.2) is 0 Å². The summed E-state index contributed by atoms with van der Waals surface area (Å²) in [6, 6.07) is 6.32. The highest BCUT2D eigenvalue weighted by Crippen LogP contribution is 2.28. The molecule has 0 saturated heterocycles. The maximum absolute atomic E-state index is 12.8. The van der Waals surface area contributed by atoms with Gasteiger partial charge in [0.25, 0.3) is 5.91 Å². The number of benzene rings is 1. The molecule has 2 rings (SSSR count). The molecule has 134 valence electrons. The molecular weight excluding hydrogens is 324 g/mol. The third-order valence-corrected chi connectivity index (χ3v) is 6.32. The molecule has 6 heteroatoms. The van der Waals surface area contributed by atoms with Crippen molar-refractivity contribution in [1.29, 1.82) is 0 Å². The Balaban J connectivity index is 2.23. The maximum atomic E-state index is 12.8. The van der Waals surface area contributed by atoms with Crippen LogP contribution in [0.15, 0.2) is 29.2 Å². The minimum absolute atomic E-state index is 0.115. The maximum Gasteiger partial charge on any atom is 0.253 e. The van der Waals surface area contributed by atoms with Crippen LogP contribution in [-0.2, 0) is 10.0 Å². The van der Waals surface area contributed by atoms with Crippen molar-refractivity contribution in [3.05, 3.63) is 29.8 Å². The largest absolute Gasteiger partial charge is 0.338 e. The molecule has 0 radical (unpaired) electrons. The number of carbonyl (C=O) groups excluding carboxylic acids is 1. The van der Waals surface area contributed by atoms with Crippen molar-refractivity contribution in [3.63, 3.8) is 0 Å². The van der Waals surface area contributed by atoms with Crippen molar-refractivity contribution >= 4 is 15.9 Å². The van der Waals surface area contributed by atoms with Gasteiger partial charge in [-0.25, -0.2) is 13.1 Å². The lowest BCUT2D eigenvalue weighted by Gasteiger charge is -2.36. The van der Waals surface area contributed by atoms with Gasteiger partial charge in [-0.2, -0.15) is 0 Å². The second-order valence-corrected chi connectivity index (χ2v) is 8.76. The van der Waals surface area contributed by atoms with Gasteiger partial charge < -0.3 is 4.90 Å². The van der Waals surface area contributed by atoms with E-state index in [0.29, 0.717) is 11.5 Å². The summed E-state index contributed by atoms with van der Waals surface area (Å²) in [4.78, 5) is 14.7. The van der Waals surface area contributed by atoms with Crippen LogP contribution in [0.4, 0.5) is 0 Å². The fourth-order valence-corrected chi connectivity index (χ4v) is 4.70. The summed E-state index contributed by atoms with van der Waals surface area (Å²) in [5.41, 5.74) is 0.418. The smallest absolute Gasteiger partial charge is 0.253 e. The molecular formula is C18H28N2O3S. The molecule has 0 heterocycles. The lowest BCUT2D eigenvalue weighted by Crippen LogP contribution is -2.42. The van der Waals surface area contributed by atoms with Gasteiger partial charge in [-0.15, -0.1) is 0 Å². The summed E-state index contributed by atoms with van der Waals surface area (Å²) in [5, 5.41) is 0. The van der Waals surface area contributed by atoms with Crippen LogP contribution < -0.4 is 4.72 Å². The number of amides is 1. The van der Waals surface area contributed by atoms with E-state index < -0.39 is 10.0 Å². The summed E-state index contributed by atoms with van der Waals surface area (Å²) < 4.78 is 27.2. The molecule has 24 heavy (non-hydrogen) atoms. The van der Waals surface area contributed by atoms with Crippen LogP contribution >= 0.6 is 0 Å². The summed E-state index contributed by atoms with van der Waals surface area (Å²) >= 11 is 0. The first kappa shape index (κ1) is 18.9. The van der Waals surface area contributed by atoms with E-state index in [1.807, 2.05) is 7.05 Å². The monoisotopic (exact) mass is 352 g/mol. The van der Waals surface area contributed by atoms with Crippen molar-refractivity contribution in [1.82, 2.24) is 9.62 Å². The Labute approximate surface area is 145 Å². The Morgan fingerprint density at radius 1 is 1.25 bits per heavy atom. The van der Waals surface area contributed by atoms with Gasteiger partial charge in [0.2, 0.25) is 10.0 Å². The fraction of sp³-hybridized carbons (Fsp3) is 0.611. The molecule has 1 aromatic rings. The standard InChI is InChI=1S/C18H28N2O3S/c1-13(2)19-24(22,23)16-10-7-9-15(12-16)18(21)20(4)17-11-6-5-8-14(17)3/h7,9-10,12-14,17,19H,5-6,8,11H2,1-4H3. The zero-order valence-electron chi connectivity index (χ0n) is 15.0. The van der Waals surface area contributed by atoms with E-state index >= 15 is 0 Å². The molecule has 0 bridgehead atoms. The molecule has 2 atom stereocenters. The van der Waals surface area contributed by atoms with Gasteiger partial charge in [-0.1, -0.05) is 25.8 Å². The highest BCUT2D eigenvalue weighted by molar-refractivity contribution is 7.89. The van der Waals surface area contributed by atoms with E-state index in [0.717, 1.165) is 19.3 Å². The third-order valence-electron chi connectivity index (χ3n) is 4.67. The number of rotatable bonds is 5. The average Bonchev–Trinajstić information content (AvgIpc) is 2.53. The second-order valence-electron chi connectivity index (χ2n) is 7.05. The van der Waals surface area contributed by atoms with Gasteiger partial charge >= 0.3 is 0 Å². The molecule has 0 aromatic heterocycles. The SMILES string of the molecule is CC(C)NS(=O)(=O)c1cccc(C(=O)N(C)C2CCCCC2C)c1. The fourth-order valence-electron chi connectivity index (χ4n) is 3.40. The third kappa shape index (κ3) is 4.36. The quantitative estimate of drug-likeness (QED) is 0.886. The van der Waals surface area contributed by atoms with Crippen molar-refractivity contribution < 1.29 is 13.2 Å². The van der Waals surface area contributed by atoms with E-state index in [4.69, 9.17) is 0 Å². The summed E-state index contributed by atoms with van der Waals surface area (Å²) in [6.45, 7) is 5.72. The molecule has 2 unspecified atom stereocenters. The molecule has 1 aliphatic rings. The molecule has 1 aromatic carbocycles. The van der Waals surface area contributed by atoms with Crippen molar-refractivity contribution in [3.8, 4) is 0 Å². The summed E-state index contributed by atoms with van der Waals surface area (Å²) in [5.74, 6) is 0.359. The van der Waals surface area contributed by atoms with Gasteiger partial charge in [-0.05, 0) is 50.8 Å². The van der Waals surface area contributed by atoms with Crippen LogP contribution in [-0.4, -0.2) is 38.4 Å². The number of sulfonamides is 1. The minimum Gasteiger partial charge on any atom is -0.338 e. The molecule has 5 nitrogen and oxygen atoms in total. The Morgan fingerprint density at radius 2 is 1.92 bits per heavy atom. The molecule has 1 saturated carbocycles.